The largest absolute Gasteiger partial charge is 0.444 e. The van der Waals surface area contributed by atoms with E-state index in [1.165, 1.54) is 0 Å². The number of halogens is 1. The van der Waals surface area contributed by atoms with Crippen LogP contribution in [0.3, 0.4) is 0 Å². The van der Waals surface area contributed by atoms with Gasteiger partial charge < -0.3 is 9.73 Å². The molecule has 5 rings (SSSR count). The normalized spacial score (nSPS) is 32.1. The van der Waals surface area contributed by atoms with Crippen molar-refractivity contribution in [2.24, 2.45) is 0 Å². The molecule has 0 spiro atoms. The van der Waals surface area contributed by atoms with Crippen LogP contribution in [-0.2, 0) is 9.84 Å². The third kappa shape index (κ3) is 2.77. The van der Waals surface area contributed by atoms with Gasteiger partial charge in [-0.1, -0.05) is 0 Å². The predicted molar refractivity (Wildman–Crippen MR) is 104 cm³/mol. The fourth-order valence-electron chi connectivity index (χ4n) is 4.64. The number of nitrogens with one attached hydrogen (secondary N) is 1. The molecule has 2 saturated heterocycles. The van der Waals surface area contributed by atoms with Crippen molar-refractivity contribution in [1.29, 1.82) is 5.26 Å². The van der Waals surface area contributed by atoms with Crippen LogP contribution in [0.4, 0.5) is 5.82 Å². The second-order valence-electron chi connectivity index (χ2n) is 7.70. The molecule has 2 unspecified atom stereocenters. The van der Waals surface area contributed by atoms with Crippen molar-refractivity contribution < 1.29 is 12.8 Å². The summed E-state index contributed by atoms with van der Waals surface area (Å²) in [6.45, 7) is 0.723. The zero-order valence-corrected chi connectivity index (χ0v) is 17.0. The second-order valence-corrected chi connectivity index (χ2v) is 10.8. The van der Waals surface area contributed by atoms with E-state index in [4.69, 9.17) is 9.68 Å². The van der Waals surface area contributed by atoms with Crippen molar-refractivity contribution in [3.63, 3.8) is 0 Å². The molecule has 4 heterocycles. The highest BCUT2D eigenvalue weighted by Gasteiger charge is 2.58. The van der Waals surface area contributed by atoms with Crippen molar-refractivity contribution in [3.8, 4) is 6.07 Å². The lowest BCUT2D eigenvalue weighted by Crippen LogP contribution is -2.76. The van der Waals surface area contributed by atoms with Crippen LogP contribution in [0, 0.1) is 11.3 Å². The molecule has 0 radical (unpaired) electrons. The highest BCUT2D eigenvalue weighted by atomic mass is 79.9. The van der Waals surface area contributed by atoms with E-state index in [1.807, 2.05) is 6.07 Å². The number of furan rings is 1. The van der Waals surface area contributed by atoms with Gasteiger partial charge in [-0.2, -0.15) is 5.26 Å². The Hall–Kier alpha value is -1.63. The van der Waals surface area contributed by atoms with Crippen LogP contribution in [0.5, 0.6) is 0 Å². The fraction of sp³-hybridized carbons (Fsp3) is 0.556. The molecular weight excluding hydrogens is 432 g/mol. The number of sulfone groups is 1. The van der Waals surface area contributed by atoms with Gasteiger partial charge >= 0.3 is 0 Å². The van der Waals surface area contributed by atoms with Gasteiger partial charge in [-0.05, 0) is 41.6 Å². The van der Waals surface area contributed by atoms with E-state index in [-0.39, 0.29) is 17.1 Å². The molecule has 3 fully saturated rings. The Labute approximate surface area is 165 Å². The summed E-state index contributed by atoms with van der Waals surface area (Å²) in [5.41, 5.74) is 0.593. The number of pyridine rings is 1. The molecule has 142 valence electrons. The summed E-state index contributed by atoms with van der Waals surface area (Å²) in [7, 11) is -2.76. The highest BCUT2D eigenvalue weighted by Crippen LogP contribution is 2.41. The Morgan fingerprint density at radius 3 is 2.74 bits per heavy atom. The first-order valence-corrected chi connectivity index (χ1v) is 11.7. The highest BCUT2D eigenvalue weighted by molar-refractivity contribution is 9.10. The summed E-state index contributed by atoms with van der Waals surface area (Å²) in [5.74, 6) is 1.39. The lowest BCUT2D eigenvalue weighted by Gasteiger charge is -2.58. The zero-order chi connectivity index (χ0) is 18.8. The van der Waals surface area contributed by atoms with Crippen LogP contribution in [-0.4, -0.2) is 54.0 Å². The van der Waals surface area contributed by atoms with Gasteiger partial charge in [0.05, 0.1) is 21.7 Å². The first kappa shape index (κ1) is 17.5. The lowest BCUT2D eigenvalue weighted by atomic mass is 9.86. The molecule has 2 aliphatic heterocycles. The fourth-order valence-corrected chi connectivity index (χ4v) is 7.08. The van der Waals surface area contributed by atoms with E-state index in [2.05, 4.69) is 31.1 Å². The molecule has 0 bridgehead atoms. The first-order valence-electron chi connectivity index (χ1n) is 9.18. The van der Waals surface area contributed by atoms with Gasteiger partial charge in [0, 0.05) is 36.1 Å². The van der Waals surface area contributed by atoms with Crippen LogP contribution in [0.15, 0.2) is 21.2 Å². The van der Waals surface area contributed by atoms with Crippen LogP contribution >= 0.6 is 15.9 Å². The van der Waals surface area contributed by atoms with Crippen LogP contribution in [0.2, 0.25) is 0 Å². The van der Waals surface area contributed by atoms with E-state index >= 15 is 0 Å². The molecule has 0 amide bonds. The van der Waals surface area contributed by atoms with Crippen molar-refractivity contribution in [1.82, 2.24) is 9.88 Å². The molecule has 27 heavy (non-hydrogen) atoms. The maximum absolute atomic E-state index is 11.6. The number of likely N-dealkylation sites (tertiary alicyclic amines) is 1. The summed E-state index contributed by atoms with van der Waals surface area (Å²) in [5, 5.41) is 13.3. The maximum Gasteiger partial charge on any atom is 0.204 e. The molecule has 2 aromatic rings. The summed E-state index contributed by atoms with van der Waals surface area (Å²) >= 11 is 3.58. The number of hydrogen-bond acceptors (Lipinski definition) is 7. The van der Waals surface area contributed by atoms with Crippen LogP contribution in [0.1, 0.15) is 31.4 Å². The first-order chi connectivity index (χ1) is 13.0. The molecule has 0 aromatic carbocycles. The van der Waals surface area contributed by atoms with Gasteiger partial charge in [-0.25, -0.2) is 13.4 Å². The lowest BCUT2D eigenvalue weighted by molar-refractivity contribution is 0.0244. The smallest absolute Gasteiger partial charge is 0.204 e. The summed E-state index contributed by atoms with van der Waals surface area (Å²) in [4.78, 5) is 6.84. The molecule has 2 atom stereocenters. The third-order valence-electron chi connectivity index (χ3n) is 6.24. The Bertz CT molecular complexity index is 1050. The Morgan fingerprint density at radius 1 is 1.33 bits per heavy atom. The molecule has 1 saturated carbocycles. The number of fused-ring (bicyclic) bond motifs is 2. The van der Waals surface area contributed by atoms with Crippen molar-refractivity contribution in [2.75, 3.05) is 17.6 Å². The standard InChI is InChI=1S/C18H19BrN4O3S/c19-17-13-5-12(6-20)26-15(13)7-21-18(17)22-10-1-3-11(4-2-10)23-8-16-14(23)9-27(16,24)25/h5,7,10-11,14,16H,1-4,8-9H2,(H,21,22). The SMILES string of the molecule is N#Cc1cc2c(Br)c(NC3CCC(N4CC5C4CS5(=O)=O)CC3)ncc2o1. The number of rotatable bonds is 3. The van der Waals surface area contributed by atoms with Crippen molar-refractivity contribution in [3.05, 3.63) is 22.5 Å². The second kappa shape index (κ2) is 6.19. The summed E-state index contributed by atoms with van der Waals surface area (Å²) < 4.78 is 29.5. The molecule has 9 heteroatoms. The minimum atomic E-state index is -2.76. The topological polar surface area (TPSA) is 99.2 Å². The monoisotopic (exact) mass is 450 g/mol. The molecular formula is C18H19BrN4O3S. The maximum atomic E-state index is 11.6. The van der Waals surface area contributed by atoms with E-state index in [0.29, 0.717) is 23.4 Å². The van der Waals surface area contributed by atoms with Gasteiger partial charge in [-0.15, -0.1) is 0 Å². The summed E-state index contributed by atoms with van der Waals surface area (Å²) in [6, 6.07) is 4.85. The zero-order valence-electron chi connectivity index (χ0n) is 14.6. The van der Waals surface area contributed by atoms with Gasteiger partial charge in [0.15, 0.2) is 15.4 Å². The Balaban J connectivity index is 1.22. The quantitative estimate of drug-likeness (QED) is 0.766. The van der Waals surface area contributed by atoms with E-state index in [0.717, 1.165) is 47.9 Å². The molecule has 2 aromatic heterocycles. The number of nitriles is 1. The number of nitrogens with zero attached hydrogens (tertiary/aromatic N) is 3. The van der Waals surface area contributed by atoms with Crippen LogP contribution < -0.4 is 5.32 Å². The van der Waals surface area contributed by atoms with E-state index in [1.54, 1.807) is 12.3 Å². The van der Waals surface area contributed by atoms with Gasteiger partial charge in [0.25, 0.3) is 0 Å². The Kier molecular flexibility index (Phi) is 4.00. The van der Waals surface area contributed by atoms with Gasteiger partial charge in [0.2, 0.25) is 5.76 Å². The molecule has 1 N–H and O–H groups in total. The number of anilines is 1. The van der Waals surface area contributed by atoms with Gasteiger partial charge in [0.1, 0.15) is 11.9 Å². The molecule has 7 nitrogen and oxygen atoms in total. The number of hydrogen-bond donors (Lipinski definition) is 1. The van der Waals surface area contributed by atoms with Gasteiger partial charge in [-0.3, -0.25) is 4.90 Å². The van der Waals surface area contributed by atoms with Crippen LogP contribution in [0.25, 0.3) is 11.0 Å². The Morgan fingerprint density at radius 2 is 2.11 bits per heavy atom. The minimum Gasteiger partial charge on any atom is -0.444 e. The van der Waals surface area contributed by atoms with E-state index in [9.17, 15) is 8.42 Å². The number of aromatic nitrogens is 1. The average molecular weight is 451 g/mol. The third-order valence-corrected chi connectivity index (χ3v) is 9.24. The molecule has 3 aliphatic rings. The van der Waals surface area contributed by atoms with Crippen molar-refractivity contribution >= 4 is 42.6 Å². The summed E-state index contributed by atoms with van der Waals surface area (Å²) in [6.07, 6.45) is 5.86. The minimum absolute atomic E-state index is 0.0894. The van der Waals surface area contributed by atoms with Crippen molar-refractivity contribution in [2.45, 2.75) is 49.1 Å². The average Bonchev–Trinajstić information content (AvgIpc) is 3.07. The molecule has 1 aliphatic carbocycles. The predicted octanol–water partition coefficient (Wildman–Crippen LogP) is 2.67. The van der Waals surface area contributed by atoms with E-state index < -0.39 is 9.84 Å².